The maximum Gasteiger partial charge on any atom is 0.105 e. The molecule has 2 nitrogen and oxygen atoms in total. The molecule has 0 spiro atoms. The van der Waals surface area contributed by atoms with E-state index in [9.17, 15) is 10.2 Å². The van der Waals surface area contributed by atoms with E-state index in [2.05, 4.69) is 31.9 Å². The predicted molar refractivity (Wildman–Crippen MR) is 68.3 cm³/mol. The molecule has 1 aromatic carbocycles. The molecular formula is C11H14Br2O2. The van der Waals surface area contributed by atoms with E-state index >= 15 is 0 Å². The van der Waals surface area contributed by atoms with Gasteiger partial charge in [0.15, 0.2) is 0 Å². The summed E-state index contributed by atoms with van der Waals surface area (Å²) in [4.78, 5) is 0. The summed E-state index contributed by atoms with van der Waals surface area (Å²) in [7, 11) is 0. The van der Waals surface area contributed by atoms with Crippen LogP contribution >= 0.6 is 31.9 Å². The molecule has 2 N–H and O–H groups in total. The van der Waals surface area contributed by atoms with Crippen LogP contribution in [-0.4, -0.2) is 21.6 Å². The highest BCUT2D eigenvalue weighted by atomic mass is 79.9. The lowest BCUT2D eigenvalue weighted by atomic mass is 9.98. The molecule has 2 unspecified atom stereocenters. The van der Waals surface area contributed by atoms with Crippen molar-refractivity contribution < 1.29 is 10.2 Å². The van der Waals surface area contributed by atoms with Gasteiger partial charge in [-0.3, -0.25) is 0 Å². The molecular weight excluding hydrogens is 324 g/mol. The highest BCUT2D eigenvalue weighted by Gasteiger charge is 2.19. The van der Waals surface area contributed by atoms with Crippen molar-refractivity contribution in [1.82, 2.24) is 0 Å². The van der Waals surface area contributed by atoms with Crippen LogP contribution in [0.25, 0.3) is 0 Å². The van der Waals surface area contributed by atoms with Gasteiger partial charge in [0.25, 0.3) is 0 Å². The number of rotatable bonds is 4. The van der Waals surface area contributed by atoms with Gasteiger partial charge in [0, 0.05) is 9.80 Å². The van der Waals surface area contributed by atoms with Crippen LogP contribution in [0.4, 0.5) is 0 Å². The van der Waals surface area contributed by atoms with Crippen molar-refractivity contribution in [3.05, 3.63) is 33.8 Å². The van der Waals surface area contributed by atoms with E-state index in [1.165, 1.54) is 0 Å². The van der Waals surface area contributed by atoms with Crippen LogP contribution in [0.1, 0.15) is 23.7 Å². The summed E-state index contributed by atoms with van der Waals surface area (Å²) in [5.41, 5.74) is 1.75. The summed E-state index contributed by atoms with van der Waals surface area (Å²) >= 11 is 6.64. The molecule has 84 valence electrons. The molecule has 1 rings (SSSR count). The van der Waals surface area contributed by atoms with Gasteiger partial charge in [0.1, 0.15) is 6.10 Å². The molecule has 0 fully saturated rings. The van der Waals surface area contributed by atoms with Crippen molar-refractivity contribution >= 4 is 31.9 Å². The number of hydrogen-bond acceptors (Lipinski definition) is 2. The number of benzene rings is 1. The SMILES string of the molecule is Cc1c(Br)cccc1C(O)C(O)CCBr. The molecule has 1 aromatic rings. The maximum atomic E-state index is 9.93. The zero-order chi connectivity index (χ0) is 11.4. The summed E-state index contributed by atoms with van der Waals surface area (Å²) in [5, 5.41) is 20.3. The third kappa shape index (κ3) is 3.28. The predicted octanol–water partition coefficient (Wildman–Crippen LogP) is 2.94. The Hall–Kier alpha value is 0.100. The lowest BCUT2D eigenvalue weighted by Crippen LogP contribution is -2.19. The molecule has 0 radical (unpaired) electrons. The monoisotopic (exact) mass is 336 g/mol. The van der Waals surface area contributed by atoms with Crippen molar-refractivity contribution in [2.75, 3.05) is 5.33 Å². The van der Waals surface area contributed by atoms with Crippen LogP contribution in [-0.2, 0) is 0 Å². The number of alkyl halides is 1. The van der Waals surface area contributed by atoms with E-state index in [0.717, 1.165) is 15.6 Å². The van der Waals surface area contributed by atoms with E-state index in [4.69, 9.17) is 0 Å². The van der Waals surface area contributed by atoms with Crippen LogP contribution < -0.4 is 0 Å². The molecule has 15 heavy (non-hydrogen) atoms. The lowest BCUT2D eigenvalue weighted by Gasteiger charge is -2.19. The van der Waals surface area contributed by atoms with Gasteiger partial charge < -0.3 is 10.2 Å². The summed E-state index contributed by atoms with van der Waals surface area (Å²) in [6.07, 6.45) is -1.01. The molecule has 0 aliphatic heterocycles. The fourth-order valence-corrected chi connectivity index (χ4v) is 2.27. The first-order valence-corrected chi connectivity index (χ1v) is 6.66. The molecule has 0 amide bonds. The second kappa shape index (κ2) is 5.99. The first-order valence-electron chi connectivity index (χ1n) is 4.75. The number of hydrogen-bond donors (Lipinski definition) is 2. The van der Waals surface area contributed by atoms with Crippen molar-refractivity contribution in [3.63, 3.8) is 0 Å². The average Bonchev–Trinajstić information content (AvgIpc) is 2.21. The number of aliphatic hydroxyl groups excluding tert-OH is 2. The standard InChI is InChI=1S/C11H14Br2O2/c1-7-8(3-2-4-9(7)13)11(15)10(14)5-6-12/h2-4,10-11,14-15H,5-6H2,1H3. The van der Waals surface area contributed by atoms with E-state index in [1.807, 2.05) is 25.1 Å². The molecule has 0 heterocycles. The Bertz CT molecular complexity index is 328. The van der Waals surface area contributed by atoms with Crippen molar-refractivity contribution in [2.24, 2.45) is 0 Å². The zero-order valence-electron chi connectivity index (χ0n) is 8.45. The first-order chi connectivity index (χ1) is 7.07. The Morgan fingerprint density at radius 3 is 2.60 bits per heavy atom. The summed E-state index contributed by atoms with van der Waals surface area (Å²) in [6, 6.07) is 5.61. The Balaban J connectivity index is 2.90. The van der Waals surface area contributed by atoms with Gasteiger partial charge in [-0.05, 0) is 30.5 Å². The zero-order valence-corrected chi connectivity index (χ0v) is 11.6. The molecule has 0 saturated heterocycles. The van der Waals surface area contributed by atoms with Gasteiger partial charge >= 0.3 is 0 Å². The minimum Gasteiger partial charge on any atom is -0.390 e. The van der Waals surface area contributed by atoms with Gasteiger partial charge in [-0.2, -0.15) is 0 Å². The first kappa shape index (κ1) is 13.2. The van der Waals surface area contributed by atoms with E-state index in [0.29, 0.717) is 11.8 Å². The van der Waals surface area contributed by atoms with Crippen molar-refractivity contribution in [2.45, 2.75) is 25.6 Å². The minimum absolute atomic E-state index is 0.535. The fourth-order valence-electron chi connectivity index (χ4n) is 1.42. The number of halogens is 2. The molecule has 0 aliphatic carbocycles. The normalized spacial score (nSPS) is 15.0. The van der Waals surface area contributed by atoms with E-state index in [1.54, 1.807) is 0 Å². The summed E-state index contributed by atoms with van der Waals surface area (Å²) < 4.78 is 0.949. The molecule has 2 atom stereocenters. The Kier molecular flexibility index (Phi) is 5.26. The minimum atomic E-state index is -0.819. The Labute approximate surface area is 107 Å². The van der Waals surface area contributed by atoms with E-state index < -0.39 is 12.2 Å². The van der Waals surface area contributed by atoms with Gasteiger partial charge in [-0.1, -0.05) is 44.0 Å². The van der Waals surface area contributed by atoms with Gasteiger partial charge in [-0.15, -0.1) is 0 Å². The second-order valence-corrected chi connectivity index (χ2v) is 5.09. The van der Waals surface area contributed by atoms with Crippen molar-refractivity contribution in [1.29, 1.82) is 0 Å². The summed E-state index contributed by atoms with van der Waals surface area (Å²) in [6.45, 7) is 1.92. The topological polar surface area (TPSA) is 40.5 Å². The molecule has 0 bridgehead atoms. The van der Waals surface area contributed by atoms with Crippen LogP contribution in [0, 0.1) is 6.92 Å². The van der Waals surface area contributed by atoms with Crippen LogP contribution in [0.5, 0.6) is 0 Å². The van der Waals surface area contributed by atoms with Gasteiger partial charge in [0.05, 0.1) is 6.10 Å². The highest BCUT2D eigenvalue weighted by Crippen LogP contribution is 2.27. The Morgan fingerprint density at radius 1 is 1.33 bits per heavy atom. The van der Waals surface area contributed by atoms with E-state index in [-0.39, 0.29) is 0 Å². The lowest BCUT2D eigenvalue weighted by molar-refractivity contribution is 0.0169. The maximum absolute atomic E-state index is 9.93. The fraction of sp³-hybridized carbons (Fsp3) is 0.455. The van der Waals surface area contributed by atoms with Crippen LogP contribution in [0.3, 0.4) is 0 Å². The van der Waals surface area contributed by atoms with Crippen LogP contribution in [0.15, 0.2) is 22.7 Å². The largest absolute Gasteiger partial charge is 0.390 e. The third-order valence-electron chi connectivity index (χ3n) is 2.40. The molecule has 0 aliphatic rings. The van der Waals surface area contributed by atoms with Crippen molar-refractivity contribution in [3.8, 4) is 0 Å². The molecule has 0 aromatic heterocycles. The molecule has 0 saturated carbocycles. The smallest absolute Gasteiger partial charge is 0.105 e. The van der Waals surface area contributed by atoms with Crippen LogP contribution in [0.2, 0.25) is 0 Å². The molecule has 4 heteroatoms. The number of aliphatic hydroxyl groups is 2. The van der Waals surface area contributed by atoms with Gasteiger partial charge in [0.2, 0.25) is 0 Å². The average molecular weight is 338 g/mol. The third-order valence-corrected chi connectivity index (χ3v) is 3.71. The highest BCUT2D eigenvalue weighted by molar-refractivity contribution is 9.10. The Morgan fingerprint density at radius 2 is 2.00 bits per heavy atom. The quantitative estimate of drug-likeness (QED) is 0.829. The second-order valence-electron chi connectivity index (χ2n) is 3.44. The van der Waals surface area contributed by atoms with Gasteiger partial charge in [-0.25, -0.2) is 0 Å². The summed E-state index contributed by atoms with van der Waals surface area (Å²) in [5.74, 6) is 0.